The third kappa shape index (κ3) is 2.62. The molecule has 4 heteroatoms. The normalized spacial score (nSPS) is 26.8. The lowest BCUT2D eigenvalue weighted by molar-refractivity contribution is 0.0195. The molecule has 1 amide bonds. The molecule has 0 spiro atoms. The van der Waals surface area contributed by atoms with Crippen molar-refractivity contribution in [3.8, 4) is 0 Å². The van der Waals surface area contributed by atoms with Gasteiger partial charge in [-0.05, 0) is 38.2 Å². The molecule has 3 rings (SSSR count). The SMILES string of the molecule is Cc1occc1C(=O)N1CCCC(CO)(CC2CC2)C1. The first-order chi connectivity index (χ1) is 9.63. The molecule has 0 radical (unpaired) electrons. The molecular weight excluding hydrogens is 254 g/mol. The average molecular weight is 277 g/mol. The quantitative estimate of drug-likeness (QED) is 0.920. The maximum absolute atomic E-state index is 12.6. The predicted molar refractivity (Wildman–Crippen MR) is 75.4 cm³/mol. The van der Waals surface area contributed by atoms with Crippen molar-refractivity contribution in [1.29, 1.82) is 0 Å². The van der Waals surface area contributed by atoms with E-state index in [1.54, 1.807) is 12.3 Å². The summed E-state index contributed by atoms with van der Waals surface area (Å²) in [6.45, 7) is 3.48. The van der Waals surface area contributed by atoms with Crippen LogP contribution in [0, 0.1) is 18.3 Å². The van der Waals surface area contributed by atoms with Crippen molar-refractivity contribution < 1.29 is 14.3 Å². The van der Waals surface area contributed by atoms with Crippen LogP contribution < -0.4 is 0 Å². The second-order valence-corrected chi connectivity index (χ2v) is 6.53. The minimum atomic E-state index is -0.0767. The van der Waals surface area contributed by atoms with Crippen LogP contribution in [0.5, 0.6) is 0 Å². The van der Waals surface area contributed by atoms with Gasteiger partial charge in [-0.1, -0.05) is 12.8 Å². The lowest BCUT2D eigenvalue weighted by Gasteiger charge is -2.42. The molecule has 1 saturated carbocycles. The number of aliphatic hydroxyl groups is 1. The number of carbonyl (C=O) groups excluding carboxylic acids is 1. The number of rotatable bonds is 4. The first kappa shape index (κ1) is 13.7. The zero-order chi connectivity index (χ0) is 14.2. The summed E-state index contributed by atoms with van der Waals surface area (Å²) in [5, 5.41) is 9.85. The Hall–Kier alpha value is -1.29. The van der Waals surface area contributed by atoms with Gasteiger partial charge in [-0.3, -0.25) is 4.79 Å². The Bertz CT molecular complexity index is 492. The fourth-order valence-electron chi connectivity index (χ4n) is 3.45. The molecule has 1 atom stereocenters. The van der Waals surface area contributed by atoms with Crippen LogP contribution in [0.1, 0.15) is 48.2 Å². The third-order valence-corrected chi connectivity index (χ3v) is 4.79. The zero-order valence-corrected chi connectivity index (χ0v) is 12.1. The van der Waals surface area contributed by atoms with Gasteiger partial charge < -0.3 is 14.4 Å². The number of hydrogen-bond donors (Lipinski definition) is 1. The number of amides is 1. The monoisotopic (exact) mass is 277 g/mol. The summed E-state index contributed by atoms with van der Waals surface area (Å²) < 4.78 is 5.23. The van der Waals surface area contributed by atoms with Gasteiger partial charge in [-0.15, -0.1) is 0 Å². The van der Waals surface area contributed by atoms with E-state index in [4.69, 9.17) is 4.42 Å². The highest BCUT2D eigenvalue weighted by molar-refractivity contribution is 5.95. The Labute approximate surface area is 119 Å². The second-order valence-electron chi connectivity index (χ2n) is 6.53. The third-order valence-electron chi connectivity index (χ3n) is 4.79. The lowest BCUT2D eigenvalue weighted by Crippen LogP contribution is -2.48. The van der Waals surface area contributed by atoms with Crippen LogP contribution in [0.2, 0.25) is 0 Å². The van der Waals surface area contributed by atoms with E-state index in [9.17, 15) is 9.90 Å². The van der Waals surface area contributed by atoms with E-state index in [0.29, 0.717) is 17.9 Å². The van der Waals surface area contributed by atoms with E-state index in [0.717, 1.165) is 31.7 Å². The highest BCUT2D eigenvalue weighted by atomic mass is 16.3. The van der Waals surface area contributed by atoms with Gasteiger partial charge in [0, 0.05) is 18.5 Å². The van der Waals surface area contributed by atoms with Crippen LogP contribution in [0.15, 0.2) is 16.7 Å². The molecule has 4 nitrogen and oxygen atoms in total. The van der Waals surface area contributed by atoms with Gasteiger partial charge in [-0.2, -0.15) is 0 Å². The van der Waals surface area contributed by atoms with Gasteiger partial charge in [0.25, 0.3) is 5.91 Å². The molecule has 1 aromatic heterocycles. The minimum Gasteiger partial charge on any atom is -0.469 e. The summed E-state index contributed by atoms with van der Waals surface area (Å²) in [4.78, 5) is 14.5. The van der Waals surface area contributed by atoms with Gasteiger partial charge >= 0.3 is 0 Å². The number of nitrogens with zero attached hydrogens (tertiary/aromatic N) is 1. The molecule has 20 heavy (non-hydrogen) atoms. The summed E-state index contributed by atoms with van der Waals surface area (Å²) in [5.41, 5.74) is 0.581. The van der Waals surface area contributed by atoms with Gasteiger partial charge in [0.2, 0.25) is 0 Å². The summed E-state index contributed by atoms with van der Waals surface area (Å²) >= 11 is 0. The molecule has 2 heterocycles. The number of piperidine rings is 1. The molecule has 2 fully saturated rings. The molecule has 1 aromatic rings. The topological polar surface area (TPSA) is 53.7 Å². The largest absolute Gasteiger partial charge is 0.469 e. The Morgan fingerprint density at radius 3 is 2.95 bits per heavy atom. The summed E-state index contributed by atoms with van der Waals surface area (Å²) in [6, 6.07) is 1.74. The van der Waals surface area contributed by atoms with Crippen LogP contribution in [0.25, 0.3) is 0 Å². The molecule has 1 N–H and O–H groups in total. The van der Waals surface area contributed by atoms with E-state index in [1.807, 2.05) is 11.8 Å². The van der Waals surface area contributed by atoms with E-state index < -0.39 is 0 Å². The molecule has 1 aliphatic heterocycles. The number of aryl methyl sites for hydroxylation is 1. The van der Waals surface area contributed by atoms with E-state index >= 15 is 0 Å². The number of furan rings is 1. The second kappa shape index (κ2) is 5.24. The minimum absolute atomic E-state index is 0.0459. The Kier molecular flexibility index (Phi) is 3.59. The van der Waals surface area contributed by atoms with Crippen molar-refractivity contribution in [2.24, 2.45) is 11.3 Å². The summed E-state index contributed by atoms with van der Waals surface area (Å²) in [6.07, 6.45) is 7.23. The molecule has 1 aliphatic carbocycles. The maximum atomic E-state index is 12.6. The van der Waals surface area contributed by atoms with E-state index in [-0.39, 0.29) is 17.9 Å². The molecule has 1 saturated heterocycles. The Morgan fingerprint density at radius 2 is 2.35 bits per heavy atom. The van der Waals surface area contributed by atoms with Crippen molar-refractivity contribution in [3.05, 3.63) is 23.7 Å². The molecule has 0 aromatic carbocycles. The van der Waals surface area contributed by atoms with Gasteiger partial charge in [0.05, 0.1) is 18.4 Å². The van der Waals surface area contributed by atoms with Crippen LogP contribution in [-0.4, -0.2) is 35.6 Å². The fraction of sp³-hybridized carbons (Fsp3) is 0.688. The first-order valence-electron chi connectivity index (χ1n) is 7.58. The summed E-state index contributed by atoms with van der Waals surface area (Å²) in [5.74, 6) is 1.50. The highest BCUT2D eigenvalue weighted by Gasteiger charge is 2.41. The first-order valence-corrected chi connectivity index (χ1v) is 7.58. The highest BCUT2D eigenvalue weighted by Crippen LogP contribution is 2.44. The van der Waals surface area contributed by atoms with Crippen molar-refractivity contribution in [3.63, 3.8) is 0 Å². The van der Waals surface area contributed by atoms with Crippen LogP contribution in [-0.2, 0) is 0 Å². The van der Waals surface area contributed by atoms with Gasteiger partial charge in [0.15, 0.2) is 0 Å². The smallest absolute Gasteiger partial charge is 0.257 e. The Morgan fingerprint density at radius 1 is 1.55 bits per heavy atom. The average Bonchev–Trinajstić information content (AvgIpc) is 3.16. The Balaban J connectivity index is 1.73. The fourth-order valence-corrected chi connectivity index (χ4v) is 3.45. The van der Waals surface area contributed by atoms with Crippen LogP contribution in [0.4, 0.5) is 0 Å². The van der Waals surface area contributed by atoms with Crippen LogP contribution in [0.3, 0.4) is 0 Å². The molecule has 110 valence electrons. The molecule has 1 unspecified atom stereocenters. The lowest BCUT2D eigenvalue weighted by atomic mass is 9.76. The number of hydrogen-bond acceptors (Lipinski definition) is 3. The molecular formula is C16H23NO3. The van der Waals surface area contributed by atoms with E-state index in [1.165, 1.54) is 12.8 Å². The van der Waals surface area contributed by atoms with Crippen molar-refractivity contribution in [2.45, 2.75) is 39.0 Å². The summed E-state index contributed by atoms with van der Waals surface area (Å²) in [7, 11) is 0. The predicted octanol–water partition coefficient (Wildman–Crippen LogP) is 2.60. The van der Waals surface area contributed by atoms with Gasteiger partial charge in [0.1, 0.15) is 5.76 Å². The number of carbonyl (C=O) groups is 1. The number of aliphatic hydroxyl groups excluding tert-OH is 1. The molecule has 0 bridgehead atoms. The van der Waals surface area contributed by atoms with Crippen molar-refractivity contribution in [2.75, 3.05) is 19.7 Å². The van der Waals surface area contributed by atoms with Crippen LogP contribution >= 0.6 is 0 Å². The number of likely N-dealkylation sites (tertiary alicyclic amines) is 1. The maximum Gasteiger partial charge on any atom is 0.257 e. The van der Waals surface area contributed by atoms with E-state index in [2.05, 4.69) is 0 Å². The standard InChI is InChI=1S/C16H23NO3/c1-12-14(5-8-20-12)15(19)17-7-2-6-16(10-17,11-18)9-13-3-4-13/h5,8,13,18H,2-4,6-7,9-11H2,1H3. The van der Waals surface area contributed by atoms with Gasteiger partial charge in [-0.25, -0.2) is 0 Å². The molecule has 2 aliphatic rings. The van der Waals surface area contributed by atoms with Crippen molar-refractivity contribution >= 4 is 5.91 Å². The van der Waals surface area contributed by atoms with Crippen molar-refractivity contribution in [1.82, 2.24) is 4.90 Å². The zero-order valence-electron chi connectivity index (χ0n) is 12.1.